The van der Waals surface area contributed by atoms with Crippen molar-refractivity contribution >= 4 is 0 Å². The van der Waals surface area contributed by atoms with Crippen molar-refractivity contribution in [3.63, 3.8) is 0 Å². The molecule has 0 heterocycles. The predicted molar refractivity (Wildman–Crippen MR) is 70.7 cm³/mol. The van der Waals surface area contributed by atoms with Crippen molar-refractivity contribution in [1.82, 2.24) is 5.32 Å². The smallest absolute Gasteiger partial charge is 0.416 e. The van der Waals surface area contributed by atoms with Crippen LogP contribution in [0.1, 0.15) is 11.1 Å². The van der Waals surface area contributed by atoms with Crippen LogP contribution >= 0.6 is 0 Å². The van der Waals surface area contributed by atoms with Gasteiger partial charge in [-0.1, -0.05) is 6.07 Å². The molecule has 2 nitrogen and oxygen atoms in total. The lowest BCUT2D eigenvalue weighted by atomic mass is 10.1. The molecule has 0 aliphatic carbocycles. The predicted octanol–water partition coefficient (Wildman–Crippen LogP) is 4.36. The highest BCUT2D eigenvalue weighted by Gasteiger charge is 2.33. The third kappa shape index (κ3) is 3.95. The molecule has 0 aliphatic heterocycles. The fourth-order valence-electron chi connectivity index (χ4n) is 1.87. The molecule has 0 saturated heterocycles. The zero-order valence-corrected chi connectivity index (χ0v) is 11.2. The SMILES string of the molecule is CNCc1ccc(Oc2ccc(F)cc2)cc1C(F)(F)F. The number of halogens is 4. The Balaban J connectivity index is 2.31. The summed E-state index contributed by atoms with van der Waals surface area (Å²) in [5, 5.41) is 2.69. The van der Waals surface area contributed by atoms with Gasteiger partial charge in [0, 0.05) is 6.54 Å². The Morgan fingerprint density at radius 3 is 2.19 bits per heavy atom. The van der Waals surface area contributed by atoms with E-state index in [2.05, 4.69) is 5.32 Å². The van der Waals surface area contributed by atoms with Crippen molar-refractivity contribution in [1.29, 1.82) is 0 Å². The first-order chi connectivity index (χ1) is 9.90. The fourth-order valence-corrected chi connectivity index (χ4v) is 1.87. The Labute approximate surface area is 119 Å². The highest BCUT2D eigenvalue weighted by atomic mass is 19.4. The van der Waals surface area contributed by atoms with Crippen LogP contribution in [0, 0.1) is 5.82 Å². The fraction of sp³-hybridized carbons (Fsp3) is 0.200. The average molecular weight is 299 g/mol. The number of hydrogen-bond donors (Lipinski definition) is 1. The molecule has 0 aromatic heterocycles. The molecule has 2 aromatic rings. The van der Waals surface area contributed by atoms with Crippen LogP contribution in [0.5, 0.6) is 11.5 Å². The Morgan fingerprint density at radius 1 is 1.00 bits per heavy atom. The summed E-state index contributed by atoms with van der Waals surface area (Å²) in [6.45, 7) is 0.103. The lowest BCUT2D eigenvalue weighted by Gasteiger charge is -2.14. The first kappa shape index (κ1) is 15.3. The van der Waals surface area contributed by atoms with Gasteiger partial charge in [0.2, 0.25) is 0 Å². The van der Waals surface area contributed by atoms with Crippen molar-refractivity contribution in [2.75, 3.05) is 7.05 Å². The lowest BCUT2D eigenvalue weighted by Crippen LogP contribution is -2.14. The number of ether oxygens (including phenoxy) is 1. The molecule has 0 atom stereocenters. The standard InChI is InChI=1S/C15H13F4NO/c1-20-9-10-2-5-13(8-14(10)15(17,18)19)21-12-6-3-11(16)4-7-12/h2-8,20H,9H2,1H3. The van der Waals surface area contributed by atoms with E-state index >= 15 is 0 Å². The maximum absolute atomic E-state index is 13.0. The van der Waals surface area contributed by atoms with Gasteiger partial charge in [-0.05, 0) is 49.0 Å². The summed E-state index contributed by atoms with van der Waals surface area (Å²) >= 11 is 0. The summed E-state index contributed by atoms with van der Waals surface area (Å²) in [5.41, 5.74) is -0.618. The van der Waals surface area contributed by atoms with E-state index in [4.69, 9.17) is 4.74 Å². The molecule has 0 saturated carbocycles. The van der Waals surface area contributed by atoms with E-state index < -0.39 is 17.6 Å². The van der Waals surface area contributed by atoms with Gasteiger partial charge in [0.25, 0.3) is 0 Å². The molecule has 2 rings (SSSR count). The second-order valence-electron chi connectivity index (χ2n) is 4.40. The summed E-state index contributed by atoms with van der Waals surface area (Å²) in [7, 11) is 1.57. The van der Waals surface area contributed by atoms with Crippen molar-refractivity contribution < 1.29 is 22.3 Å². The van der Waals surface area contributed by atoms with Gasteiger partial charge in [-0.3, -0.25) is 0 Å². The molecule has 0 aliphatic rings. The normalized spacial score (nSPS) is 11.5. The summed E-state index contributed by atoms with van der Waals surface area (Å²) < 4.78 is 57.1. The molecule has 21 heavy (non-hydrogen) atoms. The molecule has 112 valence electrons. The molecule has 2 aromatic carbocycles. The minimum atomic E-state index is -4.46. The summed E-state index contributed by atoms with van der Waals surface area (Å²) in [6, 6.07) is 8.80. The Kier molecular flexibility index (Phi) is 4.47. The lowest BCUT2D eigenvalue weighted by molar-refractivity contribution is -0.138. The number of hydrogen-bond acceptors (Lipinski definition) is 2. The van der Waals surface area contributed by atoms with E-state index in [1.807, 2.05) is 0 Å². The quantitative estimate of drug-likeness (QED) is 0.847. The minimum absolute atomic E-state index is 0.0498. The van der Waals surface area contributed by atoms with Crippen LogP contribution in [0.4, 0.5) is 17.6 Å². The third-order valence-corrected chi connectivity index (χ3v) is 2.80. The highest BCUT2D eigenvalue weighted by Crippen LogP contribution is 2.35. The van der Waals surface area contributed by atoms with E-state index in [0.29, 0.717) is 0 Å². The highest BCUT2D eigenvalue weighted by molar-refractivity contribution is 5.40. The molecule has 0 amide bonds. The largest absolute Gasteiger partial charge is 0.457 e. The molecule has 0 bridgehead atoms. The van der Waals surface area contributed by atoms with Gasteiger partial charge in [-0.2, -0.15) is 13.2 Å². The number of benzene rings is 2. The van der Waals surface area contributed by atoms with Gasteiger partial charge in [-0.15, -0.1) is 0 Å². The van der Waals surface area contributed by atoms with Gasteiger partial charge < -0.3 is 10.1 Å². The summed E-state index contributed by atoms with van der Waals surface area (Å²) in [5.74, 6) is -0.123. The number of nitrogens with one attached hydrogen (secondary N) is 1. The van der Waals surface area contributed by atoms with Crippen LogP contribution in [0.15, 0.2) is 42.5 Å². The van der Waals surface area contributed by atoms with E-state index in [-0.39, 0.29) is 23.6 Å². The third-order valence-electron chi connectivity index (χ3n) is 2.80. The van der Waals surface area contributed by atoms with Crippen molar-refractivity contribution in [2.45, 2.75) is 12.7 Å². The average Bonchev–Trinajstić information content (AvgIpc) is 2.42. The Hall–Kier alpha value is -2.08. The van der Waals surface area contributed by atoms with E-state index in [1.165, 1.54) is 36.4 Å². The van der Waals surface area contributed by atoms with Crippen molar-refractivity contribution in [3.8, 4) is 11.5 Å². The summed E-state index contributed by atoms with van der Waals surface area (Å²) in [6.07, 6.45) is -4.46. The van der Waals surface area contributed by atoms with Crippen LogP contribution in [0.25, 0.3) is 0 Å². The van der Waals surface area contributed by atoms with Crippen LogP contribution in [0.2, 0.25) is 0 Å². The molecular formula is C15H13F4NO. The maximum atomic E-state index is 13.0. The van der Waals surface area contributed by atoms with Gasteiger partial charge in [0.1, 0.15) is 17.3 Å². The molecule has 6 heteroatoms. The van der Waals surface area contributed by atoms with E-state index in [1.54, 1.807) is 7.05 Å². The molecule has 1 N–H and O–H groups in total. The van der Waals surface area contributed by atoms with E-state index in [0.717, 1.165) is 6.07 Å². The zero-order chi connectivity index (χ0) is 15.5. The van der Waals surface area contributed by atoms with Gasteiger partial charge in [0.05, 0.1) is 5.56 Å². The Bertz CT molecular complexity index is 608. The van der Waals surface area contributed by atoms with Crippen LogP contribution in [0.3, 0.4) is 0 Å². The second-order valence-corrected chi connectivity index (χ2v) is 4.40. The van der Waals surface area contributed by atoms with Crippen LogP contribution < -0.4 is 10.1 Å². The van der Waals surface area contributed by atoms with Gasteiger partial charge in [0.15, 0.2) is 0 Å². The first-order valence-electron chi connectivity index (χ1n) is 6.18. The molecule has 0 fully saturated rings. The topological polar surface area (TPSA) is 21.3 Å². The first-order valence-corrected chi connectivity index (χ1v) is 6.18. The van der Waals surface area contributed by atoms with E-state index in [9.17, 15) is 17.6 Å². The van der Waals surface area contributed by atoms with Crippen LogP contribution in [-0.4, -0.2) is 7.05 Å². The second kappa shape index (κ2) is 6.13. The minimum Gasteiger partial charge on any atom is -0.457 e. The molecule has 0 spiro atoms. The van der Waals surface area contributed by atoms with Gasteiger partial charge >= 0.3 is 6.18 Å². The van der Waals surface area contributed by atoms with Crippen LogP contribution in [-0.2, 0) is 12.7 Å². The van der Waals surface area contributed by atoms with Crippen molar-refractivity contribution in [2.24, 2.45) is 0 Å². The van der Waals surface area contributed by atoms with Crippen molar-refractivity contribution in [3.05, 3.63) is 59.4 Å². The monoisotopic (exact) mass is 299 g/mol. The zero-order valence-electron chi connectivity index (χ0n) is 11.2. The Morgan fingerprint density at radius 2 is 1.62 bits per heavy atom. The molecular weight excluding hydrogens is 286 g/mol. The number of alkyl halides is 3. The van der Waals surface area contributed by atoms with Gasteiger partial charge in [-0.25, -0.2) is 4.39 Å². The molecule has 0 unspecified atom stereocenters. The number of rotatable bonds is 4. The summed E-state index contributed by atoms with van der Waals surface area (Å²) in [4.78, 5) is 0. The maximum Gasteiger partial charge on any atom is 0.416 e. The molecule has 0 radical (unpaired) electrons.